The molecule has 0 aliphatic carbocycles. The standard InChI is InChI=1S/C11H12N2O2S/c1-7-12-9-5-8(3-4-10(9)15-7)13(2)11(14)6-16/h3-5,16H,6H2,1-2H3. The molecule has 0 saturated heterocycles. The van der Waals surface area contributed by atoms with E-state index in [1.807, 2.05) is 18.2 Å². The first-order valence-corrected chi connectivity index (χ1v) is 5.49. The van der Waals surface area contributed by atoms with Crippen LogP contribution in [0.4, 0.5) is 5.69 Å². The Bertz CT molecular complexity index is 536. The smallest absolute Gasteiger partial charge is 0.236 e. The zero-order chi connectivity index (χ0) is 11.7. The first-order valence-electron chi connectivity index (χ1n) is 4.86. The third-order valence-corrected chi connectivity index (χ3v) is 2.65. The molecule has 0 N–H and O–H groups in total. The molecule has 0 fully saturated rings. The molecular weight excluding hydrogens is 224 g/mol. The lowest BCUT2D eigenvalue weighted by atomic mass is 10.2. The van der Waals surface area contributed by atoms with Gasteiger partial charge in [0.05, 0.1) is 5.75 Å². The van der Waals surface area contributed by atoms with Crippen LogP contribution in [0.15, 0.2) is 22.6 Å². The van der Waals surface area contributed by atoms with E-state index in [2.05, 4.69) is 17.6 Å². The molecule has 1 amide bonds. The largest absolute Gasteiger partial charge is 0.441 e. The average molecular weight is 236 g/mol. The molecule has 4 nitrogen and oxygen atoms in total. The SMILES string of the molecule is Cc1nc2cc(N(C)C(=O)CS)ccc2o1. The van der Waals surface area contributed by atoms with Gasteiger partial charge in [-0.1, -0.05) is 0 Å². The zero-order valence-corrected chi connectivity index (χ0v) is 9.99. The highest BCUT2D eigenvalue weighted by Gasteiger charge is 2.10. The number of thiol groups is 1. The molecule has 16 heavy (non-hydrogen) atoms. The topological polar surface area (TPSA) is 46.3 Å². The predicted octanol–water partition coefficient (Wildman–Crippen LogP) is 2.03. The van der Waals surface area contributed by atoms with Gasteiger partial charge in [-0.05, 0) is 18.2 Å². The number of rotatable bonds is 2. The Morgan fingerprint density at radius 3 is 3.00 bits per heavy atom. The van der Waals surface area contributed by atoms with Crippen molar-refractivity contribution in [2.75, 3.05) is 17.7 Å². The second kappa shape index (κ2) is 4.17. The average Bonchev–Trinajstić information content (AvgIpc) is 2.65. The first-order chi connectivity index (χ1) is 7.61. The van der Waals surface area contributed by atoms with Crippen molar-refractivity contribution in [2.45, 2.75) is 6.92 Å². The van der Waals surface area contributed by atoms with Gasteiger partial charge in [-0.25, -0.2) is 4.98 Å². The summed E-state index contributed by atoms with van der Waals surface area (Å²) >= 11 is 3.96. The summed E-state index contributed by atoms with van der Waals surface area (Å²) < 4.78 is 5.36. The maximum absolute atomic E-state index is 11.5. The molecule has 0 unspecified atom stereocenters. The minimum Gasteiger partial charge on any atom is -0.441 e. The highest BCUT2D eigenvalue weighted by molar-refractivity contribution is 7.81. The van der Waals surface area contributed by atoms with Crippen molar-refractivity contribution in [3.63, 3.8) is 0 Å². The third kappa shape index (κ3) is 1.90. The Labute approximate surface area is 98.7 Å². The summed E-state index contributed by atoms with van der Waals surface area (Å²) in [5, 5.41) is 0. The molecule has 1 aromatic heterocycles. The molecule has 5 heteroatoms. The number of carbonyl (C=O) groups excluding carboxylic acids is 1. The van der Waals surface area contributed by atoms with Crippen LogP contribution in [0.1, 0.15) is 5.89 Å². The van der Waals surface area contributed by atoms with Crippen molar-refractivity contribution in [3.05, 3.63) is 24.1 Å². The predicted molar refractivity (Wildman–Crippen MR) is 66.0 cm³/mol. The van der Waals surface area contributed by atoms with Gasteiger partial charge in [-0.2, -0.15) is 12.6 Å². The molecule has 0 bridgehead atoms. The number of hydrogen-bond acceptors (Lipinski definition) is 4. The fourth-order valence-electron chi connectivity index (χ4n) is 1.49. The quantitative estimate of drug-likeness (QED) is 0.811. The minimum absolute atomic E-state index is 0.0529. The molecule has 2 aromatic rings. The molecule has 0 saturated carbocycles. The highest BCUT2D eigenvalue weighted by atomic mass is 32.1. The van der Waals surface area contributed by atoms with Crippen molar-refractivity contribution in [3.8, 4) is 0 Å². The minimum atomic E-state index is -0.0529. The van der Waals surface area contributed by atoms with Crippen molar-refractivity contribution < 1.29 is 9.21 Å². The molecule has 0 spiro atoms. The number of aryl methyl sites for hydroxylation is 1. The summed E-state index contributed by atoms with van der Waals surface area (Å²) in [4.78, 5) is 17.2. The van der Waals surface area contributed by atoms with Crippen molar-refractivity contribution in [1.82, 2.24) is 4.98 Å². The van der Waals surface area contributed by atoms with Gasteiger partial charge >= 0.3 is 0 Å². The van der Waals surface area contributed by atoms with Crippen LogP contribution in [0, 0.1) is 6.92 Å². The number of anilines is 1. The summed E-state index contributed by atoms with van der Waals surface area (Å²) in [6, 6.07) is 5.47. The van der Waals surface area contributed by atoms with E-state index in [4.69, 9.17) is 4.42 Å². The lowest BCUT2D eigenvalue weighted by Gasteiger charge is -2.15. The molecule has 1 aromatic carbocycles. The van der Waals surface area contributed by atoms with Gasteiger partial charge in [-0.3, -0.25) is 4.79 Å². The first kappa shape index (κ1) is 11.0. The van der Waals surface area contributed by atoms with E-state index in [9.17, 15) is 4.79 Å². The number of aromatic nitrogens is 1. The van der Waals surface area contributed by atoms with Crippen LogP contribution < -0.4 is 4.90 Å². The fourth-order valence-corrected chi connectivity index (χ4v) is 1.70. The summed E-state index contributed by atoms with van der Waals surface area (Å²) in [6.45, 7) is 1.79. The number of benzene rings is 1. The van der Waals surface area contributed by atoms with Crippen LogP contribution in [-0.2, 0) is 4.79 Å². The Balaban J connectivity index is 2.42. The molecule has 2 rings (SSSR count). The number of nitrogens with zero attached hydrogens (tertiary/aromatic N) is 2. The maximum Gasteiger partial charge on any atom is 0.236 e. The van der Waals surface area contributed by atoms with E-state index >= 15 is 0 Å². The van der Waals surface area contributed by atoms with E-state index in [1.165, 1.54) is 0 Å². The molecule has 0 atom stereocenters. The van der Waals surface area contributed by atoms with E-state index in [0.717, 1.165) is 16.8 Å². The summed E-state index contributed by atoms with van der Waals surface area (Å²) in [5.74, 6) is 0.755. The Kier molecular flexibility index (Phi) is 2.87. The van der Waals surface area contributed by atoms with Crippen LogP contribution in [0.5, 0.6) is 0 Å². The Morgan fingerprint density at radius 2 is 2.31 bits per heavy atom. The third-order valence-electron chi connectivity index (χ3n) is 2.37. The van der Waals surface area contributed by atoms with E-state index in [-0.39, 0.29) is 11.7 Å². The lowest BCUT2D eigenvalue weighted by Crippen LogP contribution is -2.27. The number of hydrogen-bond donors (Lipinski definition) is 1. The molecule has 1 heterocycles. The van der Waals surface area contributed by atoms with Crippen LogP contribution in [-0.4, -0.2) is 23.7 Å². The van der Waals surface area contributed by atoms with Gasteiger partial charge in [0.2, 0.25) is 5.91 Å². The molecule has 0 aliphatic rings. The van der Waals surface area contributed by atoms with Crippen LogP contribution in [0.2, 0.25) is 0 Å². The van der Waals surface area contributed by atoms with Crippen LogP contribution >= 0.6 is 12.6 Å². The second-order valence-electron chi connectivity index (χ2n) is 3.50. The number of fused-ring (bicyclic) bond motifs is 1. The van der Waals surface area contributed by atoms with Gasteiger partial charge in [0, 0.05) is 19.7 Å². The van der Waals surface area contributed by atoms with E-state index < -0.39 is 0 Å². The number of amides is 1. The van der Waals surface area contributed by atoms with Crippen molar-refractivity contribution >= 4 is 35.3 Å². The second-order valence-corrected chi connectivity index (χ2v) is 3.81. The number of carbonyl (C=O) groups is 1. The van der Waals surface area contributed by atoms with Crippen LogP contribution in [0.25, 0.3) is 11.1 Å². The molecular formula is C11H12N2O2S. The Hall–Kier alpha value is -1.49. The van der Waals surface area contributed by atoms with Gasteiger partial charge in [-0.15, -0.1) is 0 Å². The van der Waals surface area contributed by atoms with E-state index in [0.29, 0.717) is 5.89 Å². The van der Waals surface area contributed by atoms with Gasteiger partial charge in [0.15, 0.2) is 11.5 Å². The molecule has 0 radical (unpaired) electrons. The van der Waals surface area contributed by atoms with Gasteiger partial charge < -0.3 is 9.32 Å². The van der Waals surface area contributed by atoms with Crippen molar-refractivity contribution in [1.29, 1.82) is 0 Å². The Morgan fingerprint density at radius 1 is 1.56 bits per heavy atom. The lowest BCUT2D eigenvalue weighted by molar-refractivity contribution is -0.115. The van der Waals surface area contributed by atoms with Crippen molar-refractivity contribution in [2.24, 2.45) is 0 Å². The van der Waals surface area contributed by atoms with E-state index in [1.54, 1.807) is 18.9 Å². The zero-order valence-electron chi connectivity index (χ0n) is 9.10. The monoisotopic (exact) mass is 236 g/mol. The summed E-state index contributed by atoms with van der Waals surface area (Å²) in [7, 11) is 1.71. The normalized spacial score (nSPS) is 10.7. The van der Waals surface area contributed by atoms with Gasteiger partial charge in [0.1, 0.15) is 5.52 Å². The summed E-state index contributed by atoms with van der Waals surface area (Å²) in [6.07, 6.45) is 0. The fraction of sp³-hybridized carbons (Fsp3) is 0.273. The summed E-state index contributed by atoms with van der Waals surface area (Å²) in [5.41, 5.74) is 2.28. The maximum atomic E-state index is 11.5. The van der Waals surface area contributed by atoms with Gasteiger partial charge in [0.25, 0.3) is 0 Å². The van der Waals surface area contributed by atoms with Crippen LogP contribution in [0.3, 0.4) is 0 Å². The number of oxazole rings is 1. The highest BCUT2D eigenvalue weighted by Crippen LogP contribution is 2.21. The molecule has 0 aliphatic heterocycles. The molecule has 84 valence electrons.